The van der Waals surface area contributed by atoms with E-state index in [9.17, 15) is 14.7 Å². The van der Waals surface area contributed by atoms with Crippen LogP contribution in [0, 0.1) is 34.5 Å². The predicted molar refractivity (Wildman–Crippen MR) is 87.7 cm³/mol. The normalized spacial score (nSPS) is 52.5. The highest BCUT2D eigenvalue weighted by molar-refractivity contribution is 5.92. The topological polar surface area (TPSA) is 54.4 Å². The number of hydrogen-bond acceptors (Lipinski definition) is 3. The van der Waals surface area contributed by atoms with Gasteiger partial charge in [-0.15, -0.1) is 0 Å². The second kappa shape index (κ2) is 4.78. The van der Waals surface area contributed by atoms with Crippen molar-refractivity contribution in [1.29, 1.82) is 0 Å². The summed E-state index contributed by atoms with van der Waals surface area (Å²) in [6.45, 7) is 6.51. The fraction of sp³-hybridized carbons (Fsp3) is 0.800. The van der Waals surface area contributed by atoms with Crippen LogP contribution in [0.2, 0.25) is 0 Å². The molecule has 7 atom stereocenters. The molecule has 1 N–H and O–H groups in total. The molecule has 0 heterocycles. The molecule has 4 aliphatic rings. The molecular formula is C20H28O3. The van der Waals surface area contributed by atoms with Crippen LogP contribution in [0.25, 0.3) is 0 Å². The van der Waals surface area contributed by atoms with Gasteiger partial charge in [0.15, 0.2) is 5.78 Å². The third-order valence-electron chi connectivity index (χ3n) is 8.31. The van der Waals surface area contributed by atoms with E-state index in [1.165, 1.54) is 0 Å². The molecule has 3 saturated carbocycles. The number of Topliss-reactive ketones (excluding diaryl/α,β-unsaturated/α-hetero) is 1. The van der Waals surface area contributed by atoms with Gasteiger partial charge in [0.2, 0.25) is 0 Å². The Hall–Kier alpha value is -0.960. The number of aliphatic hydroxyl groups excluding tert-OH is 1. The fourth-order valence-corrected chi connectivity index (χ4v) is 6.86. The molecule has 3 nitrogen and oxygen atoms in total. The van der Waals surface area contributed by atoms with E-state index in [4.69, 9.17) is 0 Å². The molecule has 126 valence electrons. The molecule has 3 fully saturated rings. The lowest BCUT2D eigenvalue weighted by Crippen LogP contribution is -2.58. The molecule has 4 rings (SSSR count). The summed E-state index contributed by atoms with van der Waals surface area (Å²) in [5.74, 6) is 2.01. The summed E-state index contributed by atoms with van der Waals surface area (Å²) in [7, 11) is 0. The number of aliphatic hydroxyl groups is 1. The lowest BCUT2D eigenvalue weighted by Gasteiger charge is -2.60. The lowest BCUT2D eigenvalue weighted by atomic mass is 9.44. The van der Waals surface area contributed by atoms with Crippen LogP contribution < -0.4 is 0 Å². The van der Waals surface area contributed by atoms with E-state index < -0.39 is 6.10 Å². The molecule has 0 unspecified atom stereocenters. The number of carbonyl (C=O) groups excluding carboxylic acids is 2. The van der Waals surface area contributed by atoms with Gasteiger partial charge in [-0.25, -0.2) is 0 Å². The Kier molecular flexibility index (Phi) is 3.23. The zero-order chi connectivity index (χ0) is 16.6. The summed E-state index contributed by atoms with van der Waals surface area (Å²) in [6.07, 6.45) is 6.42. The maximum absolute atomic E-state index is 12.4. The third-order valence-corrected chi connectivity index (χ3v) is 8.31. The SMILES string of the molecule is CC1=CC(=O)C[C@H]2[C@@H](O)C[C@@H]3[C@H](CC[C@]4(C)C(=O)CC[C@@H]34)[C@@]12C. The number of carbonyl (C=O) groups is 2. The average Bonchev–Trinajstić information content (AvgIpc) is 2.78. The van der Waals surface area contributed by atoms with Crippen molar-refractivity contribution >= 4 is 11.6 Å². The summed E-state index contributed by atoms with van der Waals surface area (Å²) in [5.41, 5.74) is 0.912. The minimum absolute atomic E-state index is 0.0581. The average molecular weight is 316 g/mol. The van der Waals surface area contributed by atoms with E-state index >= 15 is 0 Å². The van der Waals surface area contributed by atoms with Crippen molar-refractivity contribution in [2.24, 2.45) is 34.5 Å². The second-order valence-corrected chi connectivity index (χ2v) is 8.98. The predicted octanol–water partition coefficient (Wildman–Crippen LogP) is 3.30. The van der Waals surface area contributed by atoms with Gasteiger partial charge >= 0.3 is 0 Å². The van der Waals surface area contributed by atoms with Crippen molar-refractivity contribution < 1.29 is 14.7 Å². The van der Waals surface area contributed by atoms with Crippen LogP contribution >= 0.6 is 0 Å². The summed E-state index contributed by atoms with van der Waals surface area (Å²) >= 11 is 0. The summed E-state index contributed by atoms with van der Waals surface area (Å²) in [4.78, 5) is 24.5. The number of fused-ring (bicyclic) bond motifs is 5. The van der Waals surface area contributed by atoms with Crippen molar-refractivity contribution in [1.82, 2.24) is 0 Å². The van der Waals surface area contributed by atoms with Crippen molar-refractivity contribution in [2.75, 3.05) is 0 Å². The van der Waals surface area contributed by atoms with Crippen LogP contribution in [-0.2, 0) is 9.59 Å². The van der Waals surface area contributed by atoms with E-state index in [1.54, 1.807) is 0 Å². The van der Waals surface area contributed by atoms with E-state index in [2.05, 4.69) is 20.8 Å². The maximum Gasteiger partial charge on any atom is 0.156 e. The third kappa shape index (κ3) is 1.86. The Morgan fingerprint density at radius 3 is 2.61 bits per heavy atom. The molecule has 4 aliphatic carbocycles. The van der Waals surface area contributed by atoms with Gasteiger partial charge in [0.05, 0.1) is 6.10 Å². The van der Waals surface area contributed by atoms with E-state index in [-0.39, 0.29) is 22.5 Å². The Balaban J connectivity index is 1.77. The van der Waals surface area contributed by atoms with Gasteiger partial charge in [0.25, 0.3) is 0 Å². The van der Waals surface area contributed by atoms with Crippen molar-refractivity contribution in [3.8, 4) is 0 Å². The molecule has 0 aliphatic heterocycles. The first-order chi connectivity index (χ1) is 10.8. The Bertz CT molecular complexity index is 606. The number of allylic oxidation sites excluding steroid dienone is 2. The minimum Gasteiger partial charge on any atom is -0.393 e. The monoisotopic (exact) mass is 316 g/mol. The highest BCUT2D eigenvalue weighted by Crippen LogP contribution is 2.65. The molecule has 0 amide bonds. The molecule has 0 saturated heterocycles. The molecule has 0 bridgehead atoms. The molecule has 3 heteroatoms. The molecule has 0 aromatic heterocycles. The zero-order valence-electron chi connectivity index (χ0n) is 14.5. The fourth-order valence-electron chi connectivity index (χ4n) is 6.86. The Labute approximate surface area is 138 Å². The van der Waals surface area contributed by atoms with Gasteiger partial charge in [0.1, 0.15) is 5.78 Å². The minimum atomic E-state index is -0.410. The molecule has 23 heavy (non-hydrogen) atoms. The Morgan fingerprint density at radius 1 is 1.13 bits per heavy atom. The number of rotatable bonds is 0. The maximum atomic E-state index is 12.4. The van der Waals surface area contributed by atoms with Gasteiger partial charge in [-0.3, -0.25) is 9.59 Å². The van der Waals surface area contributed by atoms with Crippen LogP contribution in [0.4, 0.5) is 0 Å². The molecule has 0 aromatic rings. The molecule has 0 spiro atoms. The van der Waals surface area contributed by atoms with Crippen LogP contribution in [0.5, 0.6) is 0 Å². The van der Waals surface area contributed by atoms with Gasteiger partial charge in [-0.1, -0.05) is 19.4 Å². The van der Waals surface area contributed by atoms with Crippen molar-refractivity contribution in [3.63, 3.8) is 0 Å². The zero-order valence-corrected chi connectivity index (χ0v) is 14.5. The van der Waals surface area contributed by atoms with Crippen molar-refractivity contribution in [2.45, 2.75) is 65.4 Å². The van der Waals surface area contributed by atoms with Gasteiger partial charge < -0.3 is 5.11 Å². The van der Waals surface area contributed by atoms with Gasteiger partial charge in [-0.05, 0) is 61.9 Å². The standard InChI is InChI=1S/C20H28O3/c1-11-8-12(21)9-16-17(22)10-13-14-4-5-18(23)19(14,2)7-6-15(13)20(11,16)3/h8,13-17,22H,4-7,9-10H2,1-3H3/t13-,14-,15-,16-,17-,19-,20+/m0/s1. The highest BCUT2D eigenvalue weighted by atomic mass is 16.3. The molecule has 0 radical (unpaired) electrons. The summed E-state index contributed by atoms with van der Waals surface area (Å²) in [5, 5.41) is 10.8. The van der Waals surface area contributed by atoms with Gasteiger partial charge in [0, 0.05) is 24.2 Å². The first-order valence-corrected chi connectivity index (χ1v) is 9.21. The quantitative estimate of drug-likeness (QED) is 0.746. The Morgan fingerprint density at radius 2 is 1.87 bits per heavy atom. The second-order valence-electron chi connectivity index (χ2n) is 8.98. The molecular weight excluding hydrogens is 288 g/mol. The largest absolute Gasteiger partial charge is 0.393 e. The number of hydrogen-bond donors (Lipinski definition) is 1. The molecule has 0 aromatic carbocycles. The van der Waals surface area contributed by atoms with E-state index in [1.807, 2.05) is 6.08 Å². The lowest BCUT2D eigenvalue weighted by molar-refractivity contribution is -0.148. The van der Waals surface area contributed by atoms with Gasteiger partial charge in [-0.2, -0.15) is 0 Å². The van der Waals surface area contributed by atoms with E-state index in [0.717, 1.165) is 31.3 Å². The van der Waals surface area contributed by atoms with Crippen molar-refractivity contribution in [3.05, 3.63) is 11.6 Å². The van der Waals surface area contributed by atoms with Crippen LogP contribution in [0.1, 0.15) is 59.3 Å². The summed E-state index contributed by atoms with van der Waals surface area (Å²) < 4.78 is 0. The van der Waals surface area contributed by atoms with Crippen LogP contribution in [-0.4, -0.2) is 22.8 Å². The summed E-state index contributed by atoms with van der Waals surface area (Å²) in [6, 6.07) is 0. The van der Waals surface area contributed by atoms with Crippen LogP contribution in [0.3, 0.4) is 0 Å². The smallest absolute Gasteiger partial charge is 0.156 e. The number of ketones is 2. The van der Waals surface area contributed by atoms with Crippen LogP contribution in [0.15, 0.2) is 11.6 Å². The highest BCUT2D eigenvalue weighted by Gasteiger charge is 2.62. The van der Waals surface area contributed by atoms with E-state index in [0.29, 0.717) is 36.4 Å². The first kappa shape index (κ1) is 15.6. The first-order valence-electron chi connectivity index (χ1n) is 9.21.